The van der Waals surface area contributed by atoms with Crippen LogP contribution in [0.5, 0.6) is 17.5 Å². The summed E-state index contributed by atoms with van der Waals surface area (Å²) in [5.41, 5.74) is 3.98. The molecule has 1 unspecified atom stereocenters. The molecular formula is C13H17N5O3. The number of rotatable bonds is 6. The Labute approximate surface area is 122 Å². The van der Waals surface area contributed by atoms with E-state index in [9.17, 15) is 0 Å². The molecule has 0 fully saturated rings. The van der Waals surface area contributed by atoms with Gasteiger partial charge in [-0.25, -0.2) is 10.4 Å². The van der Waals surface area contributed by atoms with E-state index in [1.165, 1.54) is 20.4 Å². The average molecular weight is 291 g/mol. The maximum atomic E-state index is 5.67. The SMILES string of the molecule is COc1cnc(C(NN)c2ccncc2OC)c(OC)n1. The van der Waals surface area contributed by atoms with Crippen LogP contribution in [0, 0.1) is 0 Å². The van der Waals surface area contributed by atoms with Crippen LogP contribution in [-0.2, 0) is 0 Å². The Kier molecular flexibility index (Phi) is 4.85. The molecule has 8 heteroatoms. The molecule has 0 saturated carbocycles. The first-order valence-electron chi connectivity index (χ1n) is 6.14. The third-order valence-electron chi connectivity index (χ3n) is 2.93. The lowest BCUT2D eigenvalue weighted by atomic mass is 10.0. The number of aromatic nitrogens is 3. The van der Waals surface area contributed by atoms with E-state index in [-0.39, 0.29) is 0 Å². The van der Waals surface area contributed by atoms with Crippen LogP contribution in [0.25, 0.3) is 0 Å². The first-order chi connectivity index (χ1) is 10.2. The Bertz CT molecular complexity index is 608. The standard InChI is InChI=1S/C13H17N5O3/c1-19-9-6-15-5-4-8(9)11(18-14)12-13(21-3)17-10(20-2)7-16-12/h4-7,11,18H,14H2,1-3H3. The normalized spacial score (nSPS) is 11.8. The molecule has 2 rings (SSSR count). The van der Waals surface area contributed by atoms with Gasteiger partial charge in [-0.05, 0) is 6.07 Å². The van der Waals surface area contributed by atoms with Gasteiger partial charge in [-0.15, -0.1) is 0 Å². The van der Waals surface area contributed by atoms with Gasteiger partial charge in [0.15, 0.2) is 0 Å². The van der Waals surface area contributed by atoms with E-state index in [1.807, 2.05) is 0 Å². The summed E-state index contributed by atoms with van der Waals surface area (Å²) in [4.78, 5) is 12.5. The molecule has 0 aliphatic rings. The Balaban J connectivity index is 2.51. The van der Waals surface area contributed by atoms with E-state index in [0.29, 0.717) is 23.2 Å². The molecule has 2 heterocycles. The van der Waals surface area contributed by atoms with E-state index in [4.69, 9.17) is 20.1 Å². The third-order valence-corrected chi connectivity index (χ3v) is 2.93. The first-order valence-corrected chi connectivity index (χ1v) is 6.14. The number of pyridine rings is 1. The zero-order valence-corrected chi connectivity index (χ0v) is 12.0. The Morgan fingerprint density at radius 3 is 2.57 bits per heavy atom. The molecule has 3 N–H and O–H groups in total. The van der Waals surface area contributed by atoms with Crippen molar-refractivity contribution in [3.8, 4) is 17.5 Å². The summed E-state index contributed by atoms with van der Waals surface area (Å²) in [5.74, 6) is 6.93. The summed E-state index contributed by atoms with van der Waals surface area (Å²) in [6, 6.07) is 1.32. The van der Waals surface area contributed by atoms with E-state index < -0.39 is 6.04 Å². The highest BCUT2D eigenvalue weighted by Gasteiger charge is 2.23. The van der Waals surface area contributed by atoms with Gasteiger partial charge in [-0.3, -0.25) is 10.8 Å². The number of methoxy groups -OCH3 is 3. The van der Waals surface area contributed by atoms with Crippen molar-refractivity contribution in [1.29, 1.82) is 0 Å². The molecule has 0 amide bonds. The molecule has 112 valence electrons. The van der Waals surface area contributed by atoms with Crippen molar-refractivity contribution in [2.75, 3.05) is 21.3 Å². The van der Waals surface area contributed by atoms with Gasteiger partial charge in [0, 0.05) is 11.8 Å². The number of nitrogens with two attached hydrogens (primary N) is 1. The number of ether oxygens (including phenoxy) is 3. The van der Waals surface area contributed by atoms with E-state index in [0.717, 1.165) is 5.56 Å². The van der Waals surface area contributed by atoms with E-state index in [1.54, 1.807) is 25.6 Å². The lowest BCUT2D eigenvalue weighted by Gasteiger charge is -2.19. The average Bonchev–Trinajstić information content (AvgIpc) is 2.56. The molecule has 0 bridgehead atoms. The Morgan fingerprint density at radius 1 is 1.14 bits per heavy atom. The minimum atomic E-state index is -0.462. The summed E-state index contributed by atoms with van der Waals surface area (Å²) in [7, 11) is 4.57. The number of nitrogens with zero attached hydrogens (tertiary/aromatic N) is 3. The minimum Gasteiger partial charge on any atom is -0.495 e. The smallest absolute Gasteiger partial charge is 0.240 e. The molecule has 0 aliphatic heterocycles. The van der Waals surface area contributed by atoms with Gasteiger partial charge >= 0.3 is 0 Å². The highest BCUT2D eigenvalue weighted by molar-refractivity contribution is 5.40. The van der Waals surface area contributed by atoms with Crippen molar-refractivity contribution in [1.82, 2.24) is 20.4 Å². The molecular weight excluding hydrogens is 274 g/mol. The van der Waals surface area contributed by atoms with Crippen molar-refractivity contribution < 1.29 is 14.2 Å². The fraction of sp³-hybridized carbons (Fsp3) is 0.308. The summed E-state index contributed by atoms with van der Waals surface area (Å²) in [5, 5.41) is 0. The lowest BCUT2D eigenvalue weighted by Crippen LogP contribution is -2.30. The Hall–Kier alpha value is -2.45. The van der Waals surface area contributed by atoms with E-state index in [2.05, 4.69) is 20.4 Å². The molecule has 0 saturated heterocycles. The minimum absolute atomic E-state index is 0.316. The highest BCUT2D eigenvalue weighted by Crippen LogP contribution is 2.32. The van der Waals surface area contributed by atoms with Crippen molar-refractivity contribution >= 4 is 0 Å². The van der Waals surface area contributed by atoms with Crippen LogP contribution in [0.2, 0.25) is 0 Å². The Morgan fingerprint density at radius 2 is 1.95 bits per heavy atom. The van der Waals surface area contributed by atoms with Crippen molar-refractivity contribution in [3.05, 3.63) is 35.9 Å². The van der Waals surface area contributed by atoms with Gasteiger partial charge in [0.05, 0.1) is 39.8 Å². The molecule has 2 aromatic rings. The fourth-order valence-electron chi connectivity index (χ4n) is 1.93. The molecule has 0 aliphatic carbocycles. The van der Waals surface area contributed by atoms with Crippen molar-refractivity contribution in [2.24, 2.45) is 5.84 Å². The van der Waals surface area contributed by atoms with Gasteiger partial charge in [-0.2, -0.15) is 4.98 Å². The highest BCUT2D eigenvalue weighted by atomic mass is 16.5. The summed E-state index contributed by atoms with van der Waals surface area (Å²) < 4.78 is 15.6. The van der Waals surface area contributed by atoms with Crippen LogP contribution >= 0.6 is 0 Å². The van der Waals surface area contributed by atoms with Gasteiger partial charge in [-0.1, -0.05) is 0 Å². The first kappa shape index (κ1) is 14.9. The zero-order chi connectivity index (χ0) is 15.2. The monoisotopic (exact) mass is 291 g/mol. The second kappa shape index (κ2) is 6.82. The topological polar surface area (TPSA) is 104 Å². The largest absolute Gasteiger partial charge is 0.495 e. The van der Waals surface area contributed by atoms with Crippen LogP contribution in [-0.4, -0.2) is 36.3 Å². The summed E-state index contributed by atoms with van der Waals surface area (Å²) in [6.07, 6.45) is 4.74. The fourth-order valence-corrected chi connectivity index (χ4v) is 1.93. The van der Waals surface area contributed by atoms with Crippen LogP contribution < -0.4 is 25.5 Å². The maximum Gasteiger partial charge on any atom is 0.240 e. The van der Waals surface area contributed by atoms with Crippen LogP contribution in [0.15, 0.2) is 24.7 Å². The second-order valence-electron chi connectivity index (χ2n) is 4.02. The molecule has 2 aromatic heterocycles. The summed E-state index contributed by atoms with van der Waals surface area (Å²) >= 11 is 0. The predicted octanol–water partition coefficient (Wildman–Crippen LogP) is 0.450. The van der Waals surface area contributed by atoms with Crippen molar-refractivity contribution in [3.63, 3.8) is 0 Å². The molecule has 8 nitrogen and oxygen atoms in total. The van der Waals surface area contributed by atoms with Crippen LogP contribution in [0.1, 0.15) is 17.3 Å². The molecule has 0 radical (unpaired) electrons. The lowest BCUT2D eigenvalue weighted by molar-refractivity contribution is 0.351. The predicted molar refractivity (Wildman–Crippen MR) is 75.1 cm³/mol. The molecule has 0 aromatic carbocycles. The number of nitrogens with one attached hydrogen (secondary N) is 1. The number of hydrazine groups is 1. The van der Waals surface area contributed by atoms with Crippen LogP contribution in [0.3, 0.4) is 0 Å². The van der Waals surface area contributed by atoms with Crippen LogP contribution in [0.4, 0.5) is 0 Å². The second-order valence-corrected chi connectivity index (χ2v) is 4.02. The van der Waals surface area contributed by atoms with E-state index >= 15 is 0 Å². The summed E-state index contributed by atoms with van der Waals surface area (Å²) in [6.45, 7) is 0. The number of hydrogen-bond acceptors (Lipinski definition) is 8. The van der Waals surface area contributed by atoms with Gasteiger partial charge < -0.3 is 14.2 Å². The van der Waals surface area contributed by atoms with Crippen molar-refractivity contribution in [2.45, 2.75) is 6.04 Å². The zero-order valence-electron chi connectivity index (χ0n) is 12.0. The molecule has 1 atom stereocenters. The van der Waals surface area contributed by atoms with Gasteiger partial charge in [0.1, 0.15) is 11.4 Å². The molecule has 21 heavy (non-hydrogen) atoms. The quantitative estimate of drug-likeness (QED) is 0.584. The number of hydrogen-bond donors (Lipinski definition) is 2. The third kappa shape index (κ3) is 3.01. The molecule has 0 spiro atoms. The maximum absolute atomic E-state index is 5.67. The van der Waals surface area contributed by atoms with Gasteiger partial charge in [0.2, 0.25) is 11.8 Å². The van der Waals surface area contributed by atoms with Gasteiger partial charge in [0.25, 0.3) is 0 Å².